The SMILES string of the molecule is O=C(CN1CCN(CCO)CC1)N[C@@H]1Cc2ccccc2Sc2ccc(Cl)cc21. The number of aliphatic hydroxyl groups excluding tert-OH is 1. The molecule has 0 bridgehead atoms. The summed E-state index contributed by atoms with van der Waals surface area (Å²) in [6.45, 7) is 4.76. The smallest absolute Gasteiger partial charge is 0.234 e. The molecule has 5 nitrogen and oxygen atoms in total. The summed E-state index contributed by atoms with van der Waals surface area (Å²) in [5.41, 5.74) is 2.33. The molecule has 2 N–H and O–H groups in total. The van der Waals surface area contributed by atoms with E-state index in [1.165, 1.54) is 10.5 Å². The molecule has 1 atom stereocenters. The molecule has 2 aromatic carbocycles. The van der Waals surface area contributed by atoms with Crippen LogP contribution >= 0.6 is 23.4 Å². The van der Waals surface area contributed by atoms with Crippen molar-refractivity contribution in [3.8, 4) is 0 Å². The van der Waals surface area contributed by atoms with Crippen LogP contribution in [-0.4, -0.2) is 66.7 Å². The Balaban J connectivity index is 1.46. The Bertz CT molecular complexity index is 871. The van der Waals surface area contributed by atoms with Gasteiger partial charge in [-0.15, -0.1) is 0 Å². The Morgan fingerprint density at radius 1 is 1.10 bits per heavy atom. The number of benzene rings is 2. The standard InChI is InChI=1S/C22H26ClN3O2S/c23-17-5-6-21-18(14-17)19(13-16-3-1-2-4-20(16)29-21)24-22(28)15-26-9-7-25(8-10-26)11-12-27/h1-6,14,19,27H,7-13,15H2,(H,24,28)/t19-/m1/s1. The summed E-state index contributed by atoms with van der Waals surface area (Å²) in [6.07, 6.45) is 0.756. The first-order chi connectivity index (χ1) is 14.1. The fraction of sp³-hybridized carbons (Fsp3) is 0.409. The Morgan fingerprint density at radius 2 is 1.86 bits per heavy atom. The first kappa shape index (κ1) is 20.7. The van der Waals surface area contributed by atoms with Gasteiger partial charge in [-0.1, -0.05) is 41.6 Å². The molecule has 0 aromatic heterocycles. The van der Waals surface area contributed by atoms with Gasteiger partial charge in [0.2, 0.25) is 5.91 Å². The zero-order valence-corrected chi connectivity index (χ0v) is 17.9. The molecule has 7 heteroatoms. The molecule has 1 fully saturated rings. The van der Waals surface area contributed by atoms with E-state index in [2.05, 4.69) is 33.3 Å². The maximum atomic E-state index is 12.9. The molecule has 2 aliphatic heterocycles. The molecule has 2 heterocycles. The summed E-state index contributed by atoms with van der Waals surface area (Å²) in [5.74, 6) is 0.0425. The Morgan fingerprint density at radius 3 is 2.66 bits per heavy atom. The average Bonchev–Trinajstić information content (AvgIpc) is 2.86. The molecule has 2 aliphatic rings. The van der Waals surface area contributed by atoms with Crippen molar-refractivity contribution >= 4 is 29.3 Å². The second-order valence-corrected chi connectivity index (χ2v) is 9.08. The lowest BCUT2D eigenvalue weighted by Gasteiger charge is -2.34. The second kappa shape index (κ2) is 9.49. The van der Waals surface area contributed by atoms with Crippen LogP contribution < -0.4 is 5.32 Å². The number of carbonyl (C=O) groups is 1. The third-order valence-electron chi connectivity index (χ3n) is 5.55. The number of β-amino-alcohol motifs (C(OH)–C–C–N with tert-alkyl or cyclic N) is 1. The maximum absolute atomic E-state index is 12.9. The number of hydrogen-bond donors (Lipinski definition) is 2. The molecule has 1 saturated heterocycles. The summed E-state index contributed by atoms with van der Waals surface area (Å²) < 4.78 is 0. The molecule has 0 saturated carbocycles. The molecule has 4 rings (SSSR count). The number of nitrogens with one attached hydrogen (secondary N) is 1. The van der Waals surface area contributed by atoms with Gasteiger partial charge >= 0.3 is 0 Å². The largest absolute Gasteiger partial charge is 0.395 e. The number of halogens is 1. The van der Waals surface area contributed by atoms with Crippen LogP contribution in [0.3, 0.4) is 0 Å². The van der Waals surface area contributed by atoms with Gasteiger partial charge in [-0.2, -0.15) is 0 Å². The van der Waals surface area contributed by atoms with Gasteiger partial charge in [-0.3, -0.25) is 14.6 Å². The van der Waals surface area contributed by atoms with Gasteiger partial charge in [0, 0.05) is 47.5 Å². The van der Waals surface area contributed by atoms with Gasteiger partial charge in [-0.05, 0) is 41.8 Å². The van der Waals surface area contributed by atoms with Crippen LogP contribution in [0.4, 0.5) is 0 Å². The van der Waals surface area contributed by atoms with Crippen molar-refractivity contribution in [3.05, 3.63) is 58.6 Å². The van der Waals surface area contributed by atoms with Crippen molar-refractivity contribution in [3.63, 3.8) is 0 Å². The number of carbonyl (C=O) groups excluding carboxylic acids is 1. The maximum Gasteiger partial charge on any atom is 0.234 e. The molecule has 1 amide bonds. The van der Waals surface area contributed by atoms with Crippen LogP contribution in [-0.2, 0) is 11.2 Å². The summed E-state index contributed by atoms with van der Waals surface area (Å²) in [5, 5.41) is 13.0. The molecule has 0 radical (unpaired) electrons. The molecule has 2 aromatic rings. The van der Waals surface area contributed by atoms with Crippen LogP contribution in [0.5, 0.6) is 0 Å². The molecular formula is C22H26ClN3O2S. The summed E-state index contributed by atoms with van der Waals surface area (Å²) in [4.78, 5) is 19.6. The van der Waals surface area contributed by atoms with E-state index in [0.29, 0.717) is 18.1 Å². The lowest BCUT2D eigenvalue weighted by Crippen LogP contribution is -2.50. The topological polar surface area (TPSA) is 55.8 Å². The van der Waals surface area contributed by atoms with E-state index >= 15 is 0 Å². The number of amides is 1. The van der Waals surface area contributed by atoms with E-state index in [1.54, 1.807) is 11.8 Å². The summed E-state index contributed by atoms with van der Waals surface area (Å²) in [6, 6.07) is 14.2. The first-order valence-corrected chi connectivity index (χ1v) is 11.2. The highest BCUT2D eigenvalue weighted by Crippen LogP contribution is 2.41. The minimum absolute atomic E-state index is 0.0425. The number of fused-ring (bicyclic) bond motifs is 2. The quantitative estimate of drug-likeness (QED) is 0.762. The number of piperazine rings is 1. The normalized spacial score (nSPS) is 19.9. The van der Waals surface area contributed by atoms with Crippen LogP contribution in [0.15, 0.2) is 52.3 Å². The molecule has 154 valence electrons. The highest BCUT2D eigenvalue weighted by atomic mass is 35.5. The highest BCUT2D eigenvalue weighted by Gasteiger charge is 2.25. The van der Waals surface area contributed by atoms with Crippen molar-refractivity contribution in [2.24, 2.45) is 0 Å². The lowest BCUT2D eigenvalue weighted by molar-refractivity contribution is -0.123. The van der Waals surface area contributed by atoms with Crippen LogP contribution in [0.2, 0.25) is 5.02 Å². The van der Waals surface area contributed by atoms with Gasteiger partial charge in [0.15, 0.2) is 0 Å². The van der Waals surface area contributed by atoms with E-state index < -0.39 is 0 Å². The van der Waals surface area contributed by atoms with Gasteiger partial charge in [0.25, 0.3) is 0 Å². The monoisotopic (exact) mass is 431 g/mol. The molecule has 0 unspecified atom stereocenters. The van der Waals surface area contributed by atoms with E-state index in [1.807, 2.05) is 24.3 Å². The van der Waals surface area contributed by atoms with E-state index in [0.717, 1.165) is 43.1 Å². The van der Waals surface area contributed by atoms with Crippen molar-refractivity contribution in [2.75, 3.05) is 45.9 Å². The summed E-state index contributed by atoms with van der Waals surface area (Å²) >= 11 is 8.02. The molecule has 0 spiro atoms. The van der Waals surface area contributed by atoms with Gasteiger partial charge in [0.1, 0.15) is 0 Å². The third-order valence-corrected chi connectivity index (χ3v) is 6.99. The third kappa shape index (κ3) is 5.13. The Kier molecular flexibility index (Phi) is 6.77. The minimum atomic E-state index is -0.0944. The predicted octanol–water partition coefficient (Wildman–Crippen LogP) is 2.81. The van der Waals surface area contributed by atoms with Crippen molar-refractivity contribution in [2.45, 2.75) is 22.3 Å². The number of nitrogens with zero attached hydrogens (tertiary/aromatic N) is 2. The van der Waals surface area contributed by atoms with Crippen LogP contribution in [0.25, 0.3) is 0 Å². The fourth-order valence-corrected chi connectivity index (χ4v) is 5.29. The molecular weight excluding hydrogens is 406 g/mol. The zero-order valence-electron chi connectivity index (χ0n) is 16.3. The van der Waals surface area contributed by atoms with Crippen molar-refractivity contribution < 1.29 is 9.90 Å². The Labute approximate surface area is 181 Å². The van der Waals surface area contributed by atoms with Crippen LogP contribution in [0, 0.1) is 0 Å². The van der Waals surface area contributed by atoms with E-state index in [9.17, 15) is 4.79 Å². The van der Waals surface area contributed by atoms with Gasteiger partial charge < -0.3 is 10.4 Å². The summed E-state index contributed by atoms with van der Waals surface area (Å²) in [7, 11) is 0. The number of aliphatic hydroxyl groups is 1. The van der Waals surface area contributed by atoms with Gasteiger partial charge in [-0.25, -0.2) is 0 Å². The van der Waals surface area contributed by atoms with Crippen LogP contribution in [0.1, 0.15) is 17.2 Å². The fourth-order valence-electron chi connectivity index (χ4n) is 3.99. The first-order valence-electron chi connectivity index (χ1n) is 10.0. The Hall–Kier alpha value is -1.57. The zero-order chi connectivity index (χ0) is 20.2. The molecule has 29 heavy (non-hydrogen) atoms. The number of hydrogen-bond acceptors (Lipinski definition) is 5. The highest BCUT2D eigenvalue weighted by molar-refractivity contribution is 7.99. The lowest BCUT2D eigenvalue weighted by atomic mass is 9.99. The van der Waals surface area contributed by atoms with E-state index in [4.69, 9.17) is 16.7 Å². The number of rotatable bonds is 5. The average molecular weight is 432 g/mol. The van der Waals surface area contributed by atoms with Gasteiger partial charge in [0.05, 0.1) is 19.2 Å². The van der Waals surface area contributed by atoms with Crippen molar-refractivity contribution in [1.29, 1.82) is 0 Å². The second-order valence-electron chi connectivity index (χ2n) is 7.56. The van der Waals surface area contributed by atoms with E-state index in [-0.39, 0.29) is 18.6 Å². The minimum Gasteiger partial charge on any atom is -0.395 e. The predicted molar refractivity (Wildman–Crippen MR) is 117 cm³/mol. The van der Waals surface area contributed by atoms with Crippen molar-refractivity contribution in [1.82, 2.24) is 15.1 Å². The molecule has 0 aliphatic carbocycles.